The second-order valence-electron chi connectivity index (χ2n) is 8.08. The van der Waals surface area contributed by atoms with Crippen molar-refractivity contribution in [1.29, 1.82) is 0 Å². The number of para-hydroxylation sites is 1. The van der Waals surface area contributed by atoms with Crippen molar-refractivity contribution in [3.63, 3.8) is 0 Å². The highest BCUT2D eigenvalue weighted by Crippen LogP contribution is 2.43. The lowest BCUT2D eigenvalue weighted by Crippen LogP contribution is -2.48. The fourth-order valence-corrected chi connectivity index (χ4v) is 4.08. The number of nitrogens with one attached hydrogen (secondary N) is 2. The zero-order valence-corrected chi connectivity index (χ0v) is 17.2. The van der Waals surface area contributed by atoms with Gasteiger partial charge >= 0.3 is 6.03 Å². The standard InChI is InChI=1S/C23H30N4O/c1-5-13-27-21-12-11-18(14-20(21)17(2)15-23(27,3)4)16-24-26-22(28)25-19-9-7-6-8-10-19/h6-12,14,16-17H,5,13,15H2,1-4H3,(H2,25,26,28)/b24-16+. The maximum atomic E-state index is 11.9. The van der Waals surface area contributed by atoms with Gasteiger partial charge < -0.3 is 10.2 Å². The quantitative estimate of drug-likeness (QED) is 0.545. The maximum Gasteiger partial charge on any atom is 0.339 e. The van der Waals surface area contributed by atoms with Gasteiger partial charge in [-0.15, -0.1) is 0 Å². The van der Waals surface area contributed by atoms with Gasteiger partial charge in [-0.3, -0.25) is 0 Å². The van der Waals surface area contributed by atoms with Crippen LogP contribution in [0.5, 0.6) is 0 Å². The number of carbonyl (C=O) groups excluding carboxylic acids is 1. The summed E-state index contributed by atoms with van der Waals surface area (Å²) in [5.74, 6) is 0.487. The molecule has 0 saturated heterocycles. The first-order valence-corrected chi connectivity index (χ1v) is 9.97. The van der Waals surface area contributed by atoms with E-state index >= 15 is 0 Å². The van der Waals surface area contributed by atoms with Crippen molar-refractivity contribution >= 4 is 23.6 Å². The highest BCUT2D eigenvalue weighted by molar-refractivity contribution is 5.90. The van der Waals surface area contributed by atoms with E-state index in [1.165, 1.54) is 11.3 Å². The molecule has 0 aromatic heterocycles. The Bertz CT molecular complexity index is 845. The van der Waals surface area contributed by atoms with Crippen LogP contribution in [0.15, 0.2) is 53.6 Å². The van der Waals surface area contributed by atoms with E-state index in [0.29, 0.717) is 5.92 Å². The molecule has 2 amide bonds. The first-order valence-electron chi connectivity index (χ1n) is 9.97. The summed E-state index contributed by atoms with van der Waals surface area (Å²) in [5, 5.41) is 6.84. The van der Waals surface area contributed by atoms with Crippen LogP contribution in [0.25, 0.3) is 0 Å². The van der Waals surface area contributed by atoms with E-state index in [1.54, 1.807) is 6.21 Å². The third kappa shape index (κ3) is 4.53. The minimum Gasteiger partial charge on any atom is -0.366 e. The minimum absolute atomic E-state index is 0.162. The zero-order valence-electron chi connectivity index (χ0n) is 17.2. The van der Waals surface area contributed by atoms with E-state index in [4.69, 9.17) is 0 Å². The monoisotopic (exact) mass is 378 g/mol. The second kappa shape index (κ2) is 8.46. The van der Waals surface area contributed by atoms with Crippen LogP contribution in [0.3, 0.4) is 0 Å². The van der Waals surface area contributed by atoms with E-state index in [9.17, 15) is 4.79 Å². The number of urea groups is 1. The molecule has 0 saturated carbocycles. The Morgan fingerprint density at radius 1 is 1.25 bits per heavy atom. The Morgan fingerprint density at radius 3 is 2.71 bits per heavy atom. The van der Waals surface area contributed by atoms with Gasteiger partial charge in [-0.1, -0.05) is 38.1 Å². The van der Waals surface area contributed by atoms with E-state index in [-0.39, 0.29) is 11.6 Å². The largest absolute Gasteiger partial charge is 0.366 e. The normalized spacial score (nSPS) is 18.0. The lowest BCUT2D eigenvalue weighted by molar-refractivity contribution is 0.252. The molecule has 5 heteroatoms. The molecule has 3 rings (SSSR count). The fraction of sp³-hybridized carbons (Fsp3) is 0.391. The summed E-state index contributed by atoms with van der Waals surface area (Å²) in [7, 11) is 0. The Labute approximate surface area is 167 Å². The molecular weight excluding hydrogens is 348 g/mol. The van der Waals surface area contributed by atoms with Crippen LogP contribution < -0.4 is 15.6 Å². The molecule has 1 aliphatic rings. The summed E-state index contributed by atoms with van der Waals surface area (Å²) < 4.78 is 0. The molecule has 5 nitrogen and oxygen atoms in total. The number of rotatable bonds is 5. The zero-order chi connectivity index (χ0) is 20.1. The third-order valence-electron chi connectivity index (χ3n) is 5.27. The first kappa shape index (κ1) is 19.9. The van der Waals surface area contributed by atoms with Gasteiger partial charge in [0.2, 0.25) is 0 Å². The molecule has 148 valence electrons. The van der Waals surface area contributed by atoms with Gasteiger partial charge in [-0.05, 0) is 68.0 Å². The van der Waals surface area contributed by atoms with Crippen LogP contribution in [-0.4, -0.2) is 24.3 Å². The van der Waals surface area contributed by atoms with Crippen molar-refractivity contribution in [3.8, 4) is 0 Å². The summed E-state index contributed by atoms with van der Waals surface area (Å²) in [5.41, 5.74) is 7.07. The molecule has 0 spiro atoms. The number of anilines is 2. The number of fused-ring (bicyclic) bond motifs is 1. The summed E-state index contributed by atoms with van der Waals surface area (Å²) in [4.78, 5) is 14.5. The number of hydrazone groups is 1. The summed E-state index contributed by atoms with van der Waals surface area (Å²) in [6, 6.07) is 15.4. The van der Waals surface area contributed by atoms with Crippen molar-refractivity contribution in [2.75, 3.05) is 16.8 Å². The maximum absolute atomic E-state index is 11.9. The average molecular weight is 379 g/mol. The van der Waals surface area contributed by atoms with Gasteiger partial charge in [0.05, 0.1) is 6.21 Å². The molecule has 1 aliphatic heterocycles. The second-order valence-corrected chi connectivity index (χ2v) is 8.08. The number of amides is 2. The topological polar surface area (TPSA) is 56.7 Å². The summed E-state index contributed by atoms with van der Waals surface area (Å²) in [6.07, 6.45) is 3.95. The first-order chi connectivity index (χ1) is 13.4. The average Bonchev–Trinajstić information content (AvgIpc) is 2.66. The number of benzene rings is 2. The van der Waals surface area contributed by atoms with Crippen molar-refractivity contribution in [2.45, 2.75) is 52.0 Å². The lowest BCUT2D eigenvalue weighted by atomic mass is 9.79. The summed E-state index contributed by atoms with van der Waals surface area (Å²) in [6.45, 7) is 10.2. The Morgan fingerprint density at radius 2 is 2.00 bits per heavy atom. The smallest absolute Gasteiger partial charge is 0.339 e. The van der Waals surface area contributed by atoms with Crippen LogP contribution in [-0.2, 0) is 0 Å². The van der Waals surface area contributed by atoms with Crippen molar-refractivity contribution in [2.24, 2.45) is 5.10 Å². The number of carbonyl (C=O) groups is 1. The molecule has 2 aromatic rings. The van der Waals surface area contributed by atoms with Gasteiger partial charge in [0.25, 0.3) is 0 Å². The highest BCUT2D eigenvalue weighted by atomic mass is 16.2. The van der Waals surface area contributed by atoms with Gasteiger partial charge in [-0.25, -0.2) is 10.2 Å². The molecule has 0 aliphatic carbocycles. The number of hydrogen-bond acceptors (Lipinski definition) is 3. The van der Waals surface area contributed by atoms with Crippen LogP contribution in [0.4, 0.5) is 16.2 Å². The van der Waals surface area contributed by atoms with E-state index in [1.807, 2.05) is 30.3 Å². The van der Waals surface area contributed by atoms with E-state index < -0.39 is 0 Å². The van der Waals surface area contributed by atoms with E-state index in [2.05, 4.69) is 66.6 Å². The molecule has 0 radical (unpaired) electrons. The predicted octanol–water partition coefficient (Wildman–Crippen LogP) is 5.34. The molecule has 0 fully saturated rings. The molecule has 2 N–H and O–H groups in total. The SMILES string of the molecule is CCCN1c2ccc(/C=N/NC(=O)Nc3ccccc3)cc2C(C)CC1(C)C. The Hall–Kier alpha value is -2.82. The highest BCUT2D eigenvalue weighted by Gasteiger charge is 2.35. The third-order valence-corrected chi connectivity index (χ3v) is 5.27. The lowest BCUT2D eigenvalue weighted by Gasteiger charge is -2.47. The van der Waals surface area contributed by atoms with E-state index in [0.717, 1.165) is 30.6 Å². The van der Waals surface area contributed by atoms with Crippen molar-refractivity contribution < 1.29 is 4.79 Å². The predicted molar refractivity (Wildman–Crippen MR) is 117 cm³/mol. The Balaban J connectivity index is 1.70. The molecular formula is C23H30N4O. The molecule has 2 aromatic carbocycles. The molecule has 1 unspecified atom stereocenters. The van der Waals surface area contributed by atoms with Crippen LogP contribution >= 0.6 is 0 Å². The minimum atomic E-state index is -0.357. The fourth-order valence-electron chi connectivity index (χ4n) is 4.08. The molecule has 1 atom stereocenters. The van der Waals surface area contributed by atoms with Crippen LogP contribution in [0, 0.1) is 0 Å². The molecule has 0 bridgehead atoms. The summed E-state index contributed by atoms with van der Waals surface area (Å²) >= 11 is 0. The van der Waals surface area contributed by atoms with Gasteiger partial charge in [0, 0.05) is 23.5 Å². The van der Waals surface area contributed by atoms with Gasteiger partial charge in [-0.2, -0.15) is 5.10 Å². The Kier molecular flexibility index (Phi) is 6.02. The molecule has 1 heterocycles. The van der Waals surface area contributed by atoms with Crippen molar-refractivity contribution in [1.82, 2.24) is 5.43 Å². The molecule has 28 heavy (non-hydrogen) atoms. The van der Waals surface area contributed by atoms with Gasteiger partial charge in [0.1, 0.15) is 0 Å². The van der Waals surface area contributed by atoms with Crippen LogP contribution in [0.1, 0.15) is 57.6 Å². The van der Waals surface area contributed by atoms with Crippen molar-refractivity contribution in [3.05, 3.63) is 59.7 Å². The number of nitrogens with zero attached hydrogens (tertiary/aromatic N) is 2. The number of hydrogen-bond donors (Lipinski definition) is 2. The van der Waals surface area contributed by atoms with Gasteiger partial charge in [0.15, 0.2) is 0 Å². The van der Waals surface area contributed by atoms with Crippen LogP contribution in [0.2, 0.25) is 0 Å².